The van der Waals surface area contributed by atoms with Crippen molar-refractivity contribution >= 4 is 29.0 Å². The molecule has 0 aliphatic carbocycles. The first-order chi connectivity index (χ1) is 20.8. The minimum absolute atomic E-state index is 0.129. The number of carbonyl (C=O) groups excluding carboxylic acids is 2. The molecule has 2 N–H and O–H groups in total. The number of nitrogens with zero attached hydrogens (tertiary/aromatic N) is 4. The molecule has 0 spiro atoms. The number of anilines is 3. The molecule has 4 aromatic rings. The third kappa shape index (κ3) is 6.54. The molecule has 0 saturated carbocycles. The molecule has 5 rings (SSSR count). The highest BCUT2D eigenvalue weighted by Gasteiger charge is 2.23. The summed E-state index contributed by atoms with van der Waals surface area (Å²) in [6, 6.07) is 16.9. The van der Waals surface area contributed by atoms with Crippen molar-refractivity contribution in [2.24, 2.45) is 14.1 Å². The number of hydrogen-bond acceptors (Lipinski definition) is 6. The SMILES string of the molecule is CCCCc1ccccc1C(=O)Nc1cccc(-c2cc(Nc3cc(C(=O)N4CCOCC4)n(C)n3)c(=O)n(C)c2)c1C. The van der Waals surface area contributed by atoms with E-state index in [0.29, 0.717) is 54.8 Å². The summed E-state index contributed by atoms with van der Waals surface area (Å²) < 4.78 is 8.39. The summed E-state index contributed by atoms with van der Waals surface area (Å²) >= 11 is 0. The van der Waals surface area contributed by atoms with Crippen molar-refractivity contribution in [3.05, 3.63) is 93.5 Å². The summed E-state index contributed by atoms with van der Waals surface area (Å²) in [5.41, 5.74) is 5.47. The van der Waals surface area contributed by atoms with Crippen molar-refractivity contribution in [2.45, 2.75) is 33.1 Å². The number of carbonyl (C=O) groups is 2. The quantitative estimate of drug-likeness (QED) is 0.290. The van der Waals surface area contributed by atoms with Gasteiger partial charge in [-0.25, -0.2) is 0 Å². The van der Waals surface area contributed by atoms with E-state index in [1.807, 2.05) is 49.4 Å². The Hall–Kier alpha value is -4.70. The van der Waals surface area contributed by atoms with E-state index in [0.717, 1.165) is 41.5 Å². The zero-order chi connectivity index (χ0) is 30.5. The van der Waals surface area contributed by atoms with Gasteiger partial charge in [-0.05, 0) is 54.7 Å². The molecule has 1 fully saturated rings. The van der Waals surface area contributed by atoms with Gasteiger partial charge < -0.3 is 24.8 Å². The second kappa shape index (κ2) is 13.1. The van der Waals surface area contributed by atoms with Crippen LogP contribution in [0.2, 0.25) is 0 Å². The van der Waals surface area contributed by atoms with E-state index in [-0.39, 0.29) is 17.4 Å². The molecule has 1 saturated heterocycles. The lowest BCUT2D eigenvalue weighted by Gasteiger charge is -2.26. The van der Waals surface area contributed by atoms with Gasteiger partial charge in [0, 0.05) is 56.3 Å². The number of nitrogens with one attached hydrogen (secondary N) is 2. The zero-order valence-electron chi connectivity index (χ0n) is 25.1. The lowest BCUT2D eigenvalue weighted by Crippen LogP contribution is -2.41. The van der Waals surface area contributed by atoms with Crippen LogP contribution in [0.15, 0.2) is 65.6 Å². The van der Waals surface area contributed by atoms with E-state index >= 15 is 0 Å². The largest absolute Gasteiger partial charge is 0.378 e. The number of aryl methyl sites for hydroxylation is 3. The molecule has 0 unspecified atom stereocenters. The van der Waals surface area contributed by atoms with Crippen LogP contribution in [0.1, 0.15) is 51.7 Å². The number of ether oxygens (including phenoxy) is 1. The molecule has 2 aromatic carbocycles. The first-order valence-corrected chi connectivity index (χ1v) is 14.6. The molecule has 3 heterocycles. The number of pyridine rings is 1. The highest BCUT2D eigenvalue weighted by atomic mass is 16.5. The molecule has 0 bridgehead atoms. The number of morpholine rings is 1. The number of aromatic nitrogens is 3. The van der Waals surface area contributed by atoms with Gasteiger partial charge >= 0.3 is 0 Å². The Morgan fingerprint density at radius 1 is 1.00 bits per heavy atom. The normalized spacial score (nSPS) is 13.2. The molecule has 1 aliphatic rings. The monoisotopic (exact) mass is 582 g/mol. The van der Waals surface area contributed by atoms with Gasteiger partial charge in [0.2, 0.25) is 0 Å². The Morgan fingerprint density at radius 3 is 2.53 bits per heavy atom. The number of hydrogen-bond donors (Lipinski definition) is 2. The summed E-state index contributed by atoms with van der Waals surface area (Å²) in [6.45, 7) is 6.16. The Bertz CT molecular complexity index is 1700. The molecular weight excluding hydrogens is 544 g/mol. The van der Waals surface area contributed by atoms with Crippen LogP contribution in [0.5, 0.6) is 0 Å². The lowest BCUT2D eigenvalue weighted by molar-refractivity contribution is 0.0295. The van der Waals surface area contributed by atoms with Gasteiger partial charge in [-0.2, -0.15) is 5.10 Å². The minimum Gasteiger partial charge on any atom is -0.378 e. The third-order valence-corrected chi connectivity index (χ3v) is 7.80. The van der Waals surface area contributed by atoms with Crippen LogP contribution in [0.4, 0.5) is 17.2 Å². The Labute approximate surface area is 251 Å². The third-order valence-electron chi connectivity index (χ3n) is 7.80. The van der Waals surface area contributed by atoms with Crippen LogP contribution in [-0.4, -0.2) is 57.4 Å². The molecule has 10 heteroatoms. The Balaban J connectivity index is 1.40. The summed E-state index contributed by atoms with van der Waals surface area (Å²) in [4.78, 5) is 41.2. The van der Waals surface area contributed by atoms with E-state index < -0.39 is 0 Å². The Kier molecular flexibility index (Phi) is 9.06. The van der Waals surface area contributed by atoms with Gasteiger partial charge in [-0.1, -0.05) is 43.7 Å². The molecule has 43 heavy (non-hydrogen) atoms. The van der Waals surface area contributed by atoms with Gasteiger partial charge in [0.25, 0.3) is 17.4 Å². The lowest BCUT2D eigenvalue weighted by atomic mass is 9.99. The maximum Gasteiger partial charge on any atom is 0.274 e. The van der Waals surface area contributed by atoms with E-state index in [4.69, 9.17) is 4.74 Å². The average molecular weight is 583 g/mol. The van der Waals surface area contributed by atoms with Crippen LogP contribution >= 0.6 is 0 Å². The molecule has 0 radical (unpaired) electrons. The van der Waals surface area contributed by atoms with Crippen LogP contribution in [-0.2, 0) is 25.3 Å². The first kappa shape index (κ1) is 29.8. The summed E-state index contributed by atoms with van der Waals surface area (Å²) in [5.74, 6) is 0.121. The van der Waals surface area contributed by atoms with Gasteiger partial charge in [0.15, 0.2) is 5.82 Å². The van der Waals surface area contributed by atoms with Crippen LogP contribution in [0, 0.1) is 6.92 Å². The van der Waals surface area contributed by atoms with Crippen LogP contribution < -0.4 is 16.2 Å². The van der Waals surface area contributed by atoms with Crippen molar-refractivity contribution in [3.63, 3.8) is 0 Å². The highest BCUT2D eigenvalue weighted by molar-refractivity contribution is 6.06. The second-order valence-electron chi connectivity index (χ2n) is 10.8. The maximum absolute atomic E-state index is 13.3. The van der Waals surface area contributed by atoms with Gasteiger partial charge in [-0.3, -0.25) is 19.1 Å². The van der Waals surface area contributed by atoms with Crippen LogP contribution in [0.3, 0.4) is 0 Å². The standard InChI is InChI=1S/C33H38N6O4/c1-5-6-10-23-11-7-8-12-26(23)31(40)35-27-14-9-13-25(22(27)2)24-19-28(32(41)37(3)21-24)34-30-20-29(38(4)36-30)33(42)39-15-17-43-18-16-39/h7-9,11-14,19-21H,5-6,10,15-18H2,1-4H3,(H,34,36)(H,35,40). The predicted molar refractivity (Wildman–Crippen MR) is 168 cm³/mol. The fraction of sp³-hybridized carbons (Fsp3) is 0.333. The smallest absolute Gasteiger partial charge is 0.274 e. The first-order valence-electron chi connectivity index (χ1n) is 14.6. The molecule has 2 amide bonds. The van der Waals surface area contributed by atoms with Gasteiger partial charge in [0.05, 0.1) is 13.2 Å². The number of rotatable bonds is 9. The van der Waals surface area contributed by atoms with Gasteiger partial charge in [-0.15, -0.1) is 0 Å². The number of unbranched alkanes of at least 4 members (excludes halogenated alkanes) is 1. The average Bonchev–Trinajstić information content (AvgIpc) is 3.39. The van der Waals surface area contributed by atoms with Crippen molar-refractivity contribution in [1.29, 1.82) is 0 Å². The summed E-state index contributed by atoms with van der Waals surface area (Å²) in [7, 11) is 3.40. The van der Waals surface area contributed by atoms with E-state index in [1.54, 1.807) is 37.3 Å². The van der Waals surface area contributed by atoms with E-state index in [1.165, 1.54) is 9.25 Å². The van der Waals surface area contributed by atoms with E-state index in [9.17, 15) is 14.4 Å². The second-order valence-corrected chi connectivity index (χ2v) is 10.8. The molecule has 2 aromatic heterocycles. The molecule has 224 valence electrons. The predicted octanol–water partition coefficient (Wildman–Crippen LogP) is 4.91. The zero-order valence-corrected chi connectivity index (χ0v) is 25.1. The molecular formula is C33H38N6O4. The fourth-order valence-electron chi connectivity index (χ4n) is 5.34. The van der Waals surface area contributed by atoms with Crippen molar-refractivity contribution in [2.75, 3.05) is 36.9 Å². The van der Waals surface area contributed by atoms with Crippen molar-refractivity contribution in [1.82, 2.24) is 19.2 Å². The number of benzene rings is 2. The molecule has 1 aliphatic heterocycles. The highest BCUT2D eigenvalue weighted by Crippen LogP contribution is 2.30. The van der Waals surface area contributed by atoms with Gasteiger partial charge in [0.1, 0.15) is 11.4 Å². The summed E-state index contributed by atoms with van der Waals surface area (Å²) in [6.07, 6.45) is 4.70. The minimum atomic E-state index is -0.235. The Morgan fingerprint density at radius 2 is 1.77 bits per heavy atom. The summed E-state index contributed by atoms with van der Waals surface area (Å²) in [5, 5.41) is 10.7. The van der Waals surface area contributed by atoms with Crippen molar-refractivity contribution < 1.29 is 14.3 Å². The van der Waals surface area contributed by atoms with Crippen LogP contribution in [0.25, 0.3) is 11.1 Å². The maximum atomic E-state index is 13.3. The number of amides is 2. The van der Waals surface area contributed by atoms with Crippen molar-refractivity contribution in [3.8, 4) is 11.1 Å². The fourth-order valence-corrected chi connectivity index (χ4v) is 5.34. The topological polar surface area (TPSA) is 110 Å². The van der Waals surface area contributed by atoms with E-state index in [2.05, 4.69) is 22.7 Å². The molecule has 0 atom stereocenters. The molecule has 10 nitrogen and oxygen atoms in total.